The van der Waals surface area contributed by atoms with E-state index >= 15 is 0 Å². The van der Waals surface area contributed by atoms with E-state index in [4.69, 9.17) is 11.6 Å². The van der Waals surface area contributed by atoms with Crippen LogP contribution in [0.2, 0.25) is 5.02 Å². The number of halogens is 1. The number of carbonyl (C=O) groups excluding carboxylic acids is 1. The van der Waals surface area contributed by atoms with Crippen LogP contribution in [0.3, 0.4) is 0 Å². The van der Waals surface area contributed by atoms with Gasteiger partial charge >= 0.3 is 0 Å². The lowest BCUT2D eigenvalue weighted by atomic mass is 10.1. The van der Waals surface area contributed by atoms with Gasteiger partial charge in [0.1, 0.15) is 5.82 Å². The first-order valence-electron chi connectivity index (χ1n) is 5.20. The molecule has 1 aromatic carbocycles. The molecule has 5 heteroatoms. The molecule has 4 nitrogen and oxygen atoms in total. The molecule has 0 fully saturated rings. The van der Waals surface area contributed by atoms with E-state index in [1.54, 1.807) is 30.6 Å². The first-order valence-corrected chi connectivity index (χ1v) is 5.58. The highest BCUT2D eigenvalue weighted by molar-refractivity contribution is 6.31. The third-order valence-corrected chi connectivity index (χ3v) is 2.89. The number of benzene rings is 1. The van der Waals surface area contributed by atoms with Crippen LogP contribution in [-0.4, -0.2) is 15.9 Å². The number of hydrogen-bond donors (Lipinski definition) is 2. The molecule has 0 aliphatic carbocycles. The second-order valence-electron chi connectivity index (χ2n) is 3.63. The zero-order valence-electron chi connectivity index (χ0n) is 9.33. The fourth-order valence-electron chi connectivity index (χ4n) is 1.51. The Labute approximate surface area is 104 Å². The lowest BCUT2D eigenvalue weighted by molar-refractivity contribution is 0.0949. The van der Waals surface area contributed by atoms with Gasteiger partial charge in [-0.15, -0.1) is 0 Å². The summed E-state index contributed by atoms with van der Waals surface area (Å²) < 4.78 is 0. The average Bonchev–Trinajstić information content (AvgIpc) is 2.82. The smallest absolute Gasteiger partial charge is 0.251 e. The number of aromatic nitrogens is 2. The van der Waals surface area contributed by atoms with E-state index in [9.17, 15) is 4.79 Å². The van der Waals surface area contributed by atoms with Gasteiger partial charge in [0.15, 0.2) is 0 Å². The van der Waals surface area contributed by atoms with Gasteiger partial charge < -0.3 is 10.3 Å². The van der Waals surface area contributed by atoms with E-state index in [-0.39, 0.29) is 5.91 Å². The van der Waals surface area contributed by atoms with Gasteiger partial charge in [0, 0.05) is 23.0 Å². The van der Waals surface area contributed by atoms with Crippen LogP contribution in [0.5, 0.6) is 0 Å². The average molecular weight is 250 g/mol. The topological polar surface area (TPSA) is 57.8 Å². The van der Waals surface area contributed by atoms with E-state index in [0.29, 0.717) is 17.1 Å². The summed E-state index contributed by atoms with van der Waals surface area (Å²) in [5.41, 5.74) is 1.37. The van der Waals surface area contributed by atoms with Gasteiger partial charge in [0.25, 0.3) is 5.91 Å². The number of nitrogens with one attached hydrogen (secondary N) is 2. The number of rotatable bonds is 3. The molecule has 0 aliphatic heterocycles. The van der Waals surface area contributed by atoms with Crippen molar-refractivity contribution in [2.45, 2.75) is 13.5 Å². The predicted octanol–water partition coefficient (Wildman–Crippen LogP) is 2.30. The number of carbonyl (C=O) groups is 1. The quantitative estimate of drug-likeness (QED) is 0.877. The van der Waals surface area contributed by atoms with Gasteiger partial charge in [0.2, 0.25) is 0 Å². The fraction of sp³-hybridized carbons (Fsp3) is 0.167. The standard InChI is InChI=1S/C12H12ClN3O/c1-8-9(3-2-4-10(8)13)12(17)16-7-11-14-5-6-15-11/h2-6H,7H2,1H3,(H,14,15)(H,16,17). The summed E-state index contributed by atoms with van der Waals surface area (Å²) in [6, 6.07) is 5.27. The summed E-state index contributed by atoms with van der Waals surface area (Å²) in [5, 5.41) is 3.37. The first-order chi connectivity index (χ1) is 8.18. The van der Waals surface area contributed by atoms with Gasteiger partial charge in [-0.1, -0.05) is 17.7 Å². The number of imidazole rings is 1. The molecule has 0 saturated carbocycles. The van der Waals surface area contributed by atoms with Crippen LogP contribution in [0.15, 0.2) is 30.6 Å². The highest BCUT2D eigenvalue weighted by Crippen LogP contribution is 2.18. The molecule has 0 saturated heterocycles. The Bertz CT molecular complexity index is 523. The maximum atomic E-state index is 11.9. The van der Waals surface area contributed by atoms with Crippen molar-refractivity contribution in [3.8, 4) is 0 Å². The molecule has 2 aromatic rings. The highest BCUT2D eigenvalue weighted by Gasteiger charge is 2.10. The second kappa shape index (κ2) is 5.01. The molecule has 2 rings (SSSR count). The van der Waals surface area contributed by atoms with Crippen LogP contribution in [-0.2, 0) is 6.54 Å². The minimum absolute atomic E-state index is 0.151. The Hall–Kier alpha value is -1.81. The Morgan fingerprint density at radius 1 is 1.53 bits per heavy atom. The molecule has 1 amide bonds. The third-order valence-electron chi connectivity index (χ3n) is 2.48. The minimum atomic E-state index is -0.151. The number of amides is 1. The molecular weight excluding hydrogens is 238 g/mol. The van der Waals surface area contributed by atoms with Gasteiger partial charge in [-0.25, -0.2) is 4.98 Å². The molecule has 1 aromatic heterocycles. The monoisotopic (exact) mass is 249 g/mol. The van der Waals surface area contributed by atoms with Crippen molar-refractivity contribution in [2.24, 2.45) is 0 Å². The second-order valence-corrected chi connectivity index (χ2v) is 4.04. The normalized spacial score (nSPS) is 10.2. The van der Waals surface area contributed by atoms with Gasteiger partial charge in [-0.05, 0) is 24.6 Å². The van der Waals surface area contributed by atoms with Crippen LogP contribution in [0.1, 0.15) is 21.7 Å². The molecule has 0 spiro atoms. The van der Waals surface area contributed by atoms with Crippen molar-refractivity contribution in [1.29, 1.82) is 0 Å². The van der Waals surface area contributed by atoms with Crippen LogP contribution >= 0.6 is 11.6 Å². The molecule has 0 aliphatic rings. The summed E-state index contributed by atoms with van der Waals surface area (Å²) in [5.74, 6) is 0.569. The number of aromatic amines is 1. The van der Waals surface area contributed by atoms with Crippen molar-refractivity contribution < 1.29 is 4.79 Å². The summed E-state index contributed by atoms with van der Waals surface area (Å²) in [4.78, 5) is 18.8. The molecule has 0 atom stereocenters. The van der Waals surface area contributed by atoms with E-state index in [1.165, 1.54) is 0 Å². The zero-order chi connectivity index (χ0) is 12.3. The first kappa shape index (κ1) is 11.7. The third kappa shape index (κ3) is 2.65. The van der Waals surface area contributed by atoms with Crippen LogP contribution < -0.4 is 5.32 Å². The fourth-order valence-corrected chi connectivity index (χ4v) is 1.68. The van der Waals surface area contributed by atoms with Crippen LogP contribution in [0.25, 0.3) is 0 Å². The molecule has 88 valence electrons. The molecule has 2 N–H and O–H groups in total. The summed E-state index contributed by atoms with van der Waals surface area (Å²) in [6.45, 7) is 2.20. The molecular formula is C12H12ClN3O. The Balaban J connectivity index is 2.07. The minimum Gasteiger partial charge on any atom is -0.347 e. The Morgan fingerprint density at radius 3 is 3.06 bits per heavy atom. The summed E-state index contributed by atoms with van der Waals surface area (Å²) >= 11 is 5.96. The van der Waals surface area contributed by atoms with Crippen molar-refractivity contribution in [1.82, 2.24) is 15.3 Å². The van der Waals surface area contributed by atoms with E-state index in [1.807, 2.05) is 6.92 Å². The summed E-state index contributed by atoms with van der Waals surface area (Å²) in [6.07, 6.45) is 3.36. The SMILES string of the molecule is Cc1c(Cl)cccc1C(=O)NCc1ncc[nH]1. The maximum Gasteiger partial charge on any atom is 0.251 e. The van der Waals surface area contributed by atoms with E-state index in [2.05, 4.69) is 15.3 Å². The highest BCUT2D eigenvalue weighted by atomic mass is 35.5. The van der Waals surface area contributed by atoms with Gasteiger partial charge in [-0.2, -0.15) is 0 Å². The largest absolute Gasteiger partial charge is 0.347 e. The van der Waals surface area contributed by atoms with Crippen molar-refractivity contribution >= 4 is 17.5 Å². The van der Waals surface area contributed by atoms with E-state index in [0.717, 1.165) is 11.4 Å². The van der Waals surface area contributed by atoms with Gasteiger partial charge in [0.05, 0.1) is 6.54 Å². The zero-order valence-corrected chi connectivity index (χ0v) is 10.1. The predicted molar refractivity (Wildman–Crippen MR) is 65.9 cm³/mol. The number of hydrogen-bond acceptors (Lipinski definition) is 2. The van der Waals surface area contributed by atoms with Crippen molar-refractivity contribution in [3.63, 3.8) is 0 Å². The number of H-pyrrole nitrogens is 1. The van der Waals surface area contributed by atoms with Gasteiger partial charge in [-0.3, -0.25) is 4.79 Å². The maximum absolute atomic E-state index is 11.9. The lowest BCUT2D eigenvalue weighted by Gasteiger charge is -2.07. The molecule has 0 radical (unpaired) electrons. The van der Waals surface area contributed by atoms with E-state index < -0.39 is 0 Å². The molecule has 17 heavy (non-hydrogen) atoms. The molecule has 0 unspecified atom stereocenters. The summed E-state index contributed by atoms with van der Waals surface area (Å²) in [7, 11) is 0. The van der Waals surface area contributed by atoms with Crippen molar-refractivity contribution in [3.05, 3.63) is 52.6 Å². The van der Waals surface area contributed by atoms with Crippen molar-refractivity contribution in [2.75, 3.05) is 0 Å². The Kier molecular flexibility index (Phi) is 3.44. The Morgan fingerprint density at radius 2 is 2.35 bits per heavy atom. The molecule has 1 heterocycles. The van der Waals surface area contributed by atoms with Crippen LogP contribution in [0, 0.1) is 6.92 Å². The molecule has 0 bridgehead atoms. The van der Waals surface area contributed by atoms with Crippen LogP contribution in [0.4, 0.5) is 0 Å². The number of nitrogens with zero attached hydrogens (tertiary/aromatic N) is 1. The lowest BCUT2D eigenvalue weighted by Crippen LogP contribution is -2.24.